The summed E-state index contributed by atoms with van der Waals surface area (Å²) in [6.45, 7) is 0.633. The average Bonchev–Trinajstić information content (AvgIpc) is 2.18. The Hall–Kier alpha value is -1.32. The molecule has 1 rings (SSSR count). The fraction of sp³-hybridized carbons (Fsp3) is 0.375. The number of rotatable bonds is 4. The van der Waals surface area contributed by atoms with E-state index in [1.807, 2.05) is 6.07 Å². The van der Waals surface area contributed by atoms with Gasteiger partial charge >= 0.3 is 0 Å². The van der Waals surface area contributed by atoms with Gasteiger partial charge in [0, 0.05) is 12.9 Å². The summed E-state index contributed by atoms with van der Waals surface area (Å²) in [5.74, 6) is 0.990. The van der Waals surface area contributed by atoms with Gasteiger partial charge in [-0.2, -0.15) is 5.26 Å². The lowest BCUT2D eigenvalue weighted by molar-refractivity contribution is 0.218. The van der Waals surface area contributed by atoms with Gasteiger partial charge in [0.05, 0.1) is 12.8 Å². The summed E-state index contributed by atoms with van der Waals surface area (Å²) in [4.78, 5) is 7.94. The smallest absolute Gasteiger partial charge is 0.189 e. The second kappa shape index (κ2) is 5.42. The zero-order valence-corrected chi connectivity index (χ0v) is 8.54. The molecule has 0 amide bonds. The number of thioether (sulfide) groups is 1. The number of hydrogen-bond acceptors (Lipinski definition) is 6. The molecule has 0 aromatic carbocycles. The molecule has 0 aliphatic carbocycles. The summed E-state index contributed by atoms with van der Waals surface area (Å²) in [5, 5.41) is 9.15. The molecular formula is C8H10N4OS. The molecule has 0 saturated heterocycles. The summed E-state index contributed by atoms with van der Waals surface area (Å²) in [6, 6.07) is 1.91. The van der Waals surface area contributed by atoms with Crippen LogP contribution in [0.1, 0.15) is 5.56 Å². The van der Waals surface area contributed by atoms with Crippen LogP contribution in [0.25, 0.3) is 0 Å². The van der Waals surface area contributed by atoms with Gasteiger partial charge in [0.25, 0.3) is 0 Å². The predicted molar refractivity (Wildman–Crippen MR) is 53.8 cm³/mol. The maximum atomic E-state index is 8.59. The van der Waals surface area contributed by atoms with E-state index in [0.29, 0.717) is 17.3 Å². The summed E-state index contributed by atoms with van der Waals surface area (Å²) in [7, 11) is 1.63. The van der Waals surface area contributed by atoms with Crippen LogP contribution in [0.4, 0.5) is 5.82 Å². The fourth-order valence-electron chi connectivity index (χ4n) is 0.750. The number of nitrogen functional groups attached to an aromatic ring is 1. The van der Waals surface area contributed by atoms with Crippen LogP contribution in [-0.4, -0.2) is 29.4 Å². The van der Waals surface area contributed by atoms with E-state index in [4.69, 9.17) is 15.7 Å². The minimum absolute atomic E-state index is 0.224. The second-order valence-corrected chi connectivity index (χ2v) is 3.47. The summed E-state index contributed by atoms with van der Waals surface area (Å²) in [6.07, 6.45) is 1.43. The van der Waals surface area contributed by atoms with E-state index in [9.17, 15) is 0 Å². The number of aromatic nitrogens is 2. The number of hydrogen-bond donors (Lipinski definition) is 1. The SMILES string of the molecule is COCCSc1ncc(C#N)c(N)n1. The van der Waals surface area contributed by atoms with Crippen molar-refractivity contribution in [3.05, 3.63) is 11.8 Å². The van der Waals surface area contributed by atoms with Crippen molar-refractivity contribution in [2.24, 2.45) is 0 Å². The standard InChI is InChI=1S/C8H10N4OS/c1-13-2-3-14-8-11-5-6(4-9)7(10)12-8/h5H,2-3H2,1H3,(H2,10,11,12). The maximum absolute atomic E-state index is 8.59. The molecule has 5 nitrogen and oxygen atoms in total. The van der Waals surface area contributed by atoms with E-state index < -0.39 is 0 Å². The van der Waals surface area contributed by atoms with E-state index in [0.717, 1.165) is 5.75 Å². The molecule has 0 unspecified atom stereocenters. The highest BCUT2D eigenvalue weighted by molar-refractivity contribution is 7.99. The van der Waals surface area contributed by atoms with E-state index >= 15 is 0 Å². The van der Waals surface area contributed by atoms with Crippen LogP contribution in [-0.2, 0) is 4.74 Å². The van der Waals surface area contributed by atoms with Crippen molar-refractivity contribution in [1.82, 2.24) is 9.97 Å². The molecule has 0 radical (unpaired) electrons. The van der Waals surface area contributed by atoms with Crippen molar-refractivity contribution < 1.29 is 4.74 Å². The van der Waals surface area contributed by atoms with E-state index in [1.165, 1.54) is 18.0 Å². The van der Waals surface area contributed by atoms with Crippen molar-refractivity contribution in [2.75, 3.05) is 25.2 Å². The van der Waals surface area contributed by atoms with Gasteiger partial charge in [0.15, 0.2) is 5.16 Å². The van der Waals surface area contributed by atoms with Crippen LogP contribution in [0.5, 0.6) is 0 Å². The van der Waals surface area contributed by atoms with Crippen LogP contribution in [0.3, 0.4) is 0 Å². The Morgan fingerprint density at radius 1 is 1.71 bits per heavy atom. The summed E-state index contributed by atoms with van der Waals surface area (Å²) in [5.41, 5.74) is 5.82. The Kier molecular flexibility index (Phi) is 4.16. The number of anilines is 1. The minimum atomic E-state index is 0.224. The lowest BCUT2D eigenvalue weighted by Crippen LogP contribution is -1.99. The number of nitrogens with zero attached hydrogens (tertiary/aromatic N) is 3. The lowest BCUT2D eigenvalue weighted by atomic mass is 10.3. The number of methoxy groups -OCH3 is 1. The van der Waals surface area contributed by atoms with Gasteiger partial charge in [0.2, 0.25) is 0 Å². The largest absolute Gasteiger partial charge is 0.384 e. The highest BCUT2D eigenvalue weighted by Crippen LogP contribution is 2.15. The highest BCUT2D eigenvalue weighted by Gasteiger charge is 2.03. The van der Waals surface area contributed by atoms with Crippen LogP contribution in [0.15, 0.2) is 11.4 Å². The summed E-state index contributed by atoms with van der Waals surface area (Å²) >= 11 is 1.44. The zero-order chi connectivity index (χ0) is 10.4. The first-order chi connectivity index (χ1) is 6.77. The molecule has 6 heteroatoms. The Balaban J connectivity index is 2.63. The van der Waals surface area contributed by atoms with Gasteiger partial charge in [-0.1, -0.05) is 11.8 Å². The molecule has 0 spiro atoms. The van der Waals surface area contributed by atoms with Gasteiger partial charge in [-0.05, 0) is 0 Å². The minimum Gasteiger partial charge on any atom is -0.384 e. The van der Waals surface area contributed by atoms with Crippen LogP contribution >= 0.6 is 11.8 Å². The van der Waals surface area contributed by atoms with Gasteiger partial charge in [-0.25, -0.2) is 9.97 Å². The maximum Gasteiger partial charge on any atom is 0.189 e. The molecule has 0 fully saturated rings. The molecule has 2 N–H and O–H groups in total. The zero-order valence-electron chi connectivity index (χ0n) is 7.73. The fourth-order valence-corrected chi connectivity index (χ4v) is 1.47. The van der Waals surface area contributed by atoms with Crippen LogP contribution < -0.4 is 5.73 Å². The van der Waals surface area contributed by atoms with Crippen LogP contribution in [0.2, 0.25) is 0 Å². The van der Waals surface area contributed by atoms with Crippen molar-refractivity contribution in [3.8, 4) is 6.07 Å². The van der Waals surface area contributed by atoms with Crippen molar-refractivity contribution in [3.63, 3.8) is 0 Å². The Labute approximate surface area is 86.3 Å². The predicted octanol–water partition coefficient (Wildman–Crippen LogP) is 0.669. The molecule has 0 saturated carbocycles. The Morgan fingerprint density at radius 2 is 2.50 bits per heavy atom. The Morgan fingerprint density at radius 3 is 3.07 bits per heavy atom. The van der Waals surface area contributed by atoms with Gasteiger partial charge in [-0.15, -0.1) is 0 Å². The second-order valence-electron chi connectivity index (χ2n) is 2.40. The average molecular weight is 210 g/mol. The van der Waals surface area contributed by atoms with Gasteiger partial charge < -0.3 is 10.5 Å². The lowest BCUT2D eigenvalue weighted by Gasteiger charge is -2.00. The monoisotopic (exact) mass is 210 g/mol. The molecule has 1 aromatic heterocycles. The molecule has 0 atom stereocenters. The molecule has 0 aliphatic heterocycles. The molecular weight excluding hydrogens is 200 g/mol. The molecule has 0 bridgehead atoms. The van der Waals surface area contributed by atoms with Crippen molar-refractivity contribution >= 4 is 17.6 Å². The third kappa shape index (κ3) is 2.87. The van der Waals surface area contributed by atoms with Crippen LogP contribution in [0, 0.1) is 11.3 Å². The quantitative estimate of drug-likeness (QED) is 0.446. The topological polar surface area (TPSA) is 84.8 Å². The van der Waals surface area contributed by atoms with Gasteiger partial charge in [-0.3, -0.25) is 0 Å². The number of ether oxygens (including phenoxy) is 1. The number of nitriles is 1. The Bertz CT molecular complexity index is 350. The van der Waals surface area contributed by atoms with Gasteiger partial charge in [0.1, 0.15) is 17.5 Å². The third-order valence-corrected chi connectivity index (χ3v) is 2.26. The first-order valence-electron chi connectivity index (χ1n) is 3.92. The number of nitrogens with two attached hydrogens (primary N) is 1. The molecule has 74 valence electrons. The molecule has 1 heterocycles. The third-order valence-electron chi connectivity index (χ3n) is 1.44. The van der Waals surface area contributed by atoms with E-state index in [2.05, 4.69) is 9.97 Å². The van der Waals surface area contributed by atoms with E-state index in [1.54, 1.807) is 7.11 Å². The molecule has 14 heavy (non-hydrogen) atoms. The first kappa shape index (κ1) is 10.8. The van der Waals surface area contributed by atoms with E-state index in [-0.39, 0.29) is 5.82 Å². The van der Waals surface area contributed by atoms with Crippen molar-refractivity contribution in [2.45, 2.75) is 5.16 Å². The summed E-state index contributed by atoms with van der Waals surface area (Å²) < 4.78 is 4.88. The molecule has 0 aliphatic rings. The first-order valence-corrected chi connectivity index (χ1v) is 4.91. The highest BCUT2D eigenvalue weighted by atomic mass is 32.2. The van der Waals surface area contributed by atoms with Crippen molar-refractivity contribution in [1.29, 1.82) is 5.26 Å². The molecule has 1 aromatic rings. The normalized spacial score (nSPS) is 9.71.